The highest BCUT2D eigenvalue weighted by Crippen LogP contribution is 2.25. The number of thioether (sulfide) groups is 1. The Hall–Kier alpha value is -1.63. The first kappa shape index (κ1) is 16.7. The lowest BCUT2D eigenvalue weighted by atomic mass is 10.1. The molecule has 2 atom stereocenters. The molecule has 1 saturated heterocycles. The van der Waals surface area contributed by atoms with Crippen molar-refractivity contribution >= 4 is 29.3 Å². The summed E-state index contributed by atoms with van der Waals surface area (Å²) >= 11 is 1.48. The van der Waals surface area contributed by atoms with Crippen molar-refractivity contribution in [3.63, 3.8) is 0 Å². The zero-order valence-electron chi connectivity index (χ0n) is 12.4. The van der Waals surface area contributed by atoms with E-state index in [4.69, 9.17) is 0 Å². The van der Waals surface area contributed by atoms with Crippen molar-refractivity contribution in [2.75, 3.05) is 16.9 Å². The number of carbonyl (C=O) groups is 2. The van der Waals surface area contributed by atoms with Crippen LogP contribution in [0.4, 0.5) is 14.5 Å². The quantitative estimate of drug-likeness (QED) is 0.925. The van der Waals surface area contributed by atoms with E-state index in [0.29, 0.717) is 24.1 Å². The van der Waals surface area contributed by atoms with Crippen LogP contribution in [0.25, 0.3) is 0 Å². The van der Waals surface area contributed by atoms with Gasteiger partial charge in [-0.2, -0.15) is 0 Å². The summed E-state index contributed by atoms with van der Waals surface area (Å²) in [4.78, 5) is 26.1. The second-order valence-corrected chi connectivity index (χ2v) is 6.25. The third-order valence-electron chi connectivity index (χ3n) is 3.69. The molecule has 1 fully saturated rings. The lowest BCUT2D eigenvalue weighted by Crippen LogP contribution is -2.46. The Morgan fingerprint density at radius 2 is 2.18 bits per heavy atom. The molecule has 22 heavy (non-hydrogen) atoms. The van der Waals surface area contributed by atoms with Crippen LogP contribution in [0.5, 0.6) is 0 Å². The maximum atomic E-state index is 13.6. The molecule has 4 nitrogen and oxygen atoms in total. The molecule has 7 heteroatoms. The first-order valence-corrected chi connectivity index (χ1v) is 8.23. The Labute approximate surface area is 132 Å². The smallest absolute Gasteiger partial charge is 0.248 e. The van der Waals surface area contributed by atoms with Crippen molar-refractivity contribution < 1.29 is 18.4 Å². The molecule has 0 bridgehead atoms. The molecule has 0 aromatic heterocycles. The lowest BCUT2D eigenvalue weighted by Gasteiger charge is -2.25. The van der Waals surface area contributed by atoms with Gasteiger partial charge in [0.15, 0.2) is 0 Å². The summed E-state index contributed by atoms with van der Waals surface area (Å²) in [6.07, 6.45) is 0.695. The number of benzene rings is 1. The second kappa shape index (κ2) is 7.09. The second-order valence-electron chi connectivity index (χ2n) is 5.25. The van der Waals surface area contributed by atoms with E-state index in [2.05, 4.69) is 5.32 Å². The fourth-order valence-electron chi connectivity index (χ4n) is 2.14. The number of hydrogen-bond acceptors (Lipinski definition) is 3. The van der Waals surface area contributed by atoms with E-state index in [0.717, 1.165) is 6.07 Å². The third-order valence-corrected chi connectivity index (χ3v) is 4.70. The van der Waals surface area contributed by atoms with Gasteiger partial charge in [0.1, 0.15) is 17.7 Å². The van der Waals surface area contributed by atoms with E-state index < -0.39 is 23.6 Å². The minimum atomic E-state index is -0.834. The molecule has 0 aliphatic carbocycles. The van der Waals surface area contributed by atoms with Gasteiger partial charge in [-0.25, -0.2) is 8.78 Å². The SMILES string of the molecule is CCC(C)C(=O)N1CSCC1C(=O)Nc1ccc(F)cc1F. The van der Waals surface area contributed by atoms with Crippen LogP contribution in [0.3, 0.4) is 0 Å². The monoisotopic (exact) mass is 328 g/mol. The summed E-state index contributed by atoms with van der Waals surface area (Å²) in [5.74, 6) is -1.31. The van der Waals surface area contributed by atoms with E-state index in [-0.39, 0.29) is 17.5 Å². The van der Waals surface area contributed by atoms with E-state index >= 15 is 0 Å². The van der Waals surface area contributed by atoms with E-state index in [1.165, 1.54) is 22.7 Å². The normalized spacial score (nSPS) is 19.1. The van der Waals surface area contributed by atoms with Crippen LogP contribution in [0.2, 0.25) is 0 Å². The zero-order valence-corrected chi connectivity index (χ0v) is 13.3. The Balaban J connectivity index is 2.09. The molecule has 0 saturated carbocycles. The molecule has 2 rings (SSSR count). The topological polar surface area (TPSA) is 49.4 Å². The minimum Gasteiger partial charge on any atom is -0.322 e. The standard InChI is InChI=1S/C15H18F2N2O2S/c1-3-9(2)15(21)19-8-22-7-13(19)14(20)18-12-5-4-10(16)6-11(12)17/h4-6,9,13H,3,7-8H2,1-2H3,(H,18,20). The number of anilines is 1. The van der Waals surface area contributed by atoms with Crippen LogP contribution in [0.1, 0.15) is 20.3 Å². The molecule has 2 amide bonds. The van der Waals surface area contributed by atoms with E-state index in [1.54, 1.807) is 0 Å². The van der Waals surface area contributed by atoms with Crippen molar-refractivity contribution in [1.29, 1.82) is 0 Å². The molecule has 0 radical (unpaired) electrons. The molecular weight excluding hydrogens is 310 g/mol. The number of nitrogens with one attached hydrogen (secondary N) is 1. The number of amides is 2. The van der Waals surface area contributed by atoms with Crippen molar-refractivity contribution in [2.24, 2.45) is 5.92 Å². The average molecular weight is 328 g/mol. The molecule has 1 aliphatic rings. The van der Waals surface area contributed by atoms with E-state index in [9.17, 15) is 18.4 Å². The molecular formula is C15H18F2N2O2S. The van der Waals surface area contributed by atoms with Crippen LogP contribution in [0, 0.1) is 17.6 Å². The zero-order chi connectivity index (χ0) is 16.3. The van der Waals surface area contributed by atoms with Gasteiger partial charge in [0.25, 0.3) is 0 Å². The fraction of sp³-hybridized carbons (Fsp3) is 0.467. The van der Waals surface area contributed by atoms with Crippen LogP contribution < -0.4 is 5.32 Å². The van der Waals surface area contributed by atoms with Crippen LogP contribution >= 0.6 is 11.8 Å². The Morgan fingerprint density at radius 3 is 2.82 bits per heavy atom. The first-order chi connectivity index (χ1) is 10.4. The largest absolute Gasteiger partial charge is 0.322 e. The van der Waals surface area contributed by atoms with Gasteiger partial charge in [-0.15, -0.1) is 11.8 Å². The summed E-state index contributed by atoms with van der Waals surface area (Å²) in [7, 11) is 0. The Bertz CT molecular complexity index is 583. The van der Waals surface area contributed by atoms with Crippen LogP contribution in [0.15, 0.2) is 18.2 Å². The summed E-state index contributed by atoms with van der Waals surface area (Å²) in [5.41, 5.74) is -0.0840. The van der Waals surface area contributed by atoms with E-state index in [1.807, 2.05) is 13.8 Å². The third kappa shape index (κ3) is 3.58. The predicted octanol–water partition coefficient (Wildman–Crippen LogP) is 2.85. The lowest BCUT2D eigenvalue weighted by molar-refractivity contribution is -0.139. The number of hydrogen-bond donors (Lipinski definition) is 1. The van der Waals surface area contributed by atoms with Gasteiger partial charge in [0.05, 0.1) is 11.6 Å². The molecule has 120 valence electrons. The van der Waals surface area contributed by atoms with Gasteiger partial charge < -0.3 is 10.2 Å². The van der Waals surface area contributed by atoms with Gasteiger partial charge >= 0.3 is 0 Å². The number of halogens is 2. The molecule has 1 aliphatic heterocycles. The maximum Gasteiger partial charge on any atom is 0.248 e. The van der Waals surface area contributed by atoms with Crippen molar-refractivity contribution in [2.45, 2.75) is 26.3 Å². The van der Waals surface area contributed by atoms with Crippen molar-refractivity contribution in [3.05, 3.63) is 29.8 Å². The molecule has 1 heterocycles. The molecule has 2 unspecified atom stereocenters. The van der Waals surface area contributed by atoms with Gasteiger partial charge in [0, 0.05) is 17.7 Å². The van der Waals surface area contributed by atoms with Crippen molar-refractivity contribution in [3.8, 4) is 0 Å². The van der Waals surface area contributed by atoms with Gasteiger partial charge in [-0.05, 0) is 18.6 Å². The highest BCUT2D eigenvalue weighted by molar-refractivity contribution is 7.99. The van der Waals surface area contributed by atoms with Gasteiger partial charge in [-0.1, -0.05) is 13.8 Å². The average Bonchev–Trinajstić information content (AvgIpc) is 2.98. The number of nitrogens with zero attached hydrogens (tertiary/aromatic N) is 1. The minimum absolute atomic E-state index is 0.0766. The number of rotatable bonds is 4. The Kier molecular flexibility index (Phi) is 5.39. The predicted molar refractivity (Wildman–Crippen MR) is 82.4 cm³/mol. The molecule has 1 N–H and O–H groups in total. The van der Waals surface area contributed by atoms with Crippen molar-refractivity contribution in [1.82, 2.24) is 4.90 Å². The maximum absolute atomic E-state index is 13.6. The fourth-order valence-corrected chi connectivity index (χ4v) is 3.31. The summed E-state index contributed by atoms with van der Waals surface area (Å²) in [6, 6.07) is 2.33. The molecule has 1 aromatic rings. The van der Waals surface area contributed by atoms with Gasteiger partial charge in [0.2, 0.25) is 11.8 Å². The molecule has 0 spiro atoms. The van der Waals surface area contributed by atoms with Gasteiger partial charge in [-0.3, -0.25) is 9.59 Å². The highest BCUT2D eigenvalue weighted by atomic mass is 32.2. The summed E-state index contributed by atoms with van der Waals surface area (Å²) in [6.45, 7) is 3.73. The number of carbonyl (C=O) groups excluding carboxylic acids is 2. The first-order valence-electron chi connectivity index (χ1n) is 7.08. The summed E-state index contributed by atoms with van der Waals surface area (Å²) in [5, 5.41) is 2.43. The molecule has 1 aromatic carbocycles. The summed E-state index contributed by atoms with van der Waals surface area (Å²) < 4.78 is 26.5. The van der Waals surface area contributed by atoms with Crippen LogP contribution in [-0.2, 0) is 9.59 Å². The Morgan fingerprint density at radius 1 is 1.45 bits per heavy atom. The highest BCUT2D eigenvalue weighted by Gasteiger charge is 2.36. The van der Waals surface area contributed by atoms with Crippen LogP contribution in [-0.4, -0.2) is 34.4 Å².